The summed E-state index contributed by atoms with van der Waals surface area (Å²) in [4.78, 5) is 23.8. The Morgan fingerprint density at radius 3 is 2.45 bits per heavy atom. The second-order valence-corrected chi connectivity index (χ2v) is 4.94. The van der Waals surface area contributed by atoms with Crippen LogP contribution in [-0.2, 0) is 4.74 Å². The SMILES string of the molecule is COC(=O)c1ccc(OC2CCN(C(=O)O)CC2)cc1OC. The summed E-state index contributed by atoms with van der Waals surface area (Å²) in [5, 5.41) is 8.91. The third kappa shape index (κ3) is 3.60. The van der Waals surface area contributed by atoms with E-state index in [-0.39, 0.29) is 6.10 Å². The molecule has 1 fully saturated rings. The lowest BCUT2D eigenvalue weighted by atomic mass is 10.1. The van der Waals surface area contributed by atoms with Crippen molar-refractivity contribution in [2.45, 2.75) is 18.9 Å². The van der Waals surface area contributed by atoms with Gasteiger partial charge in [0.15, 0.2) is 0 Å². The van der Waals surface area contributed by atoms with Gasteiger partial charge in [0.1, 0.15) is 23.2 Å². The number of hydrogen-bond donors (Lipinski definition) is 1. The summed E-state index contributed by atoms with van der Waals surface area (Å²) < 4.78 is 15.7. The highest BCUT2D eigenvalue weighted by molar-refractivity contribution is 5.92. The molecule has 0 bridgehead atoms. The topological polar surface area (TPSA) is 85.3 Å². The van der Waals surface area contributed by atoms with Gasteiger partial charge in [0.2, 0.25) is 0 Å². The monoisotopic (exact) mass is 309 g/mol. The van der Waals surface area contributed by atoms with Crippen LogP contribution in [0.3, 0.4) is 0 Å². The summed E-state index contributed by atoms with van der Waals surface area (Å²) in [6.07, 6.45) is 0.313. The van der Waals surface area contributed by atoms with Gasteiger partial charge in [0, 0.05) is 32.0 Å². The number of methoxy groups -OCH3 is 2. The molecule has 1 amide bonds. The Labute approximate surface area is 128 Å². The molecule has 0 radical (unpaired) electrons. The first kappa shape index (κ1) is 15.9. The zero-order chi connectivity index (χ0) is 16.1. The molecule has 0 aromatic heterocycles. The number of carbonyl (C=O) groups is 2. The summed E-state index contributed by atoms with van der Waals surface area (Å²) in [5.74, 6) is 0.490. The van der Waals surface area contributed by atoms with Crippen LogP contribution in [0.1, 0.15) is 23.2 Å². The average molecular weight is 309 g/mol. The summed E-state index contributed by atoms with van der Waals surface area (Å²) in [7, 11) is 2.78. The zero-order valence-electron chi connectivity index (χ0n) is 12.6. The average Bonchev–Trinajstić information content (AvgIpc) is 2.54. The van der Waals surface area contributed by atoms with Crippen LogP contribution in [0.5, 0.6) is 11.5 Å². The van der Waals surface area contributed by atoms with Crippen LogP contribution in [0.25, 0.3) is 0 Å². The number of rotatable bonds is 4. The fraction of sp³-hybridized carbons (Fsp3) is 0.467. The Balaban J connectivity index is 2.02. The molecule has 22 heavy (non-hydrogen) atoms. The third-order valence-corrected chi connectivity index (χ3v) is 3.59. The number of amides is 1. The van der Waals surface area contributed by atoms with Gasteiger partial charge in [-0.3, -0.25) is 0 Å². The summed E-state index contributed by atoms with van der Waals surface area (Å²) in [6.45, 7) is 0.911. The molecule has 0 aliphatic carbocycles. The maximum atomic E-state index is 11.6. The van der Waals surface area contributed by atoms with Crippen LogP contribution >= 0.6 is 0 Å². The number of hydrogen-bond acceptors (Lipinski definition) is 5. The molecule has 1 aliphatic rings. The number of carbonyl (C=O) groups excluding carboxylic acids is 1. The number of ether oxygens (including phenoxy) is 3. The molecule has 1 heterocycles. The molecule has 1 aliphatic heterocycles. The quantitative estimate of drug-likeness (QED) is 0.856. The van der Waals surface area contributed by atoms with E-state index in [0.29, 0.717) is 43.0 Å². The molecule has 2 rings (SSSR count). The lowest BCUT2D eigenvalue weighted by Crippen LogP contribution is -2.41. The van der Waals surface area contributed by atoms with Crippen LogP contribution in [0.2, 0.25) is 0 Å². The Bertz CT molecular complexity index is 551. The van der Waals surface area contributed by atoms with E-state index in [1.54, 1.807) is 18.2 Å². The van der Waals surface area contributed by atoms with Gasteiger partial charge in [-0.1, -0.05) is 0 Å². The van der Waals surface area contributed by atoms with Gasteiger partial charge >= 0.3 is 12.1 Å². The van der Waals surface area contributed by atoms with Crippen LogP contribution in [0.15, 0.2) is 18.2 Å². The molecule has 1 aromatic rings. The molecule has 1 aromatic carbocycles. The van der Waals surface area contributed by atoms with Gasteiger partial charge in [-0.2, -0.15) is 0 Å². The molecule has 1 saturated heterocycles. The molecule has 0 unspecified atom stereocenters. The van der Waals surface area contributed by atoms with E-state index in [9.17, 15) is 9.59 Å². The maximum Gasteiger partial charge on any atom is 0.407 e. The predicted octanol–water partition coefficient (Wildman–Crippen LogP) is 2.00. The standard InChI is InChI=1S/C15H19NO6/c1-20-13-9-11(3-4-12(13)14(17)21-2)22-10-5-7-16(8-6-10)15(18)19/h3-4,9-10H,5-8H2,1-2H3,(H,18,19). The number of likely N-dealkylation sites (tertiary alicyclic amines) is 1. The van der Waals surface area contributed by atoms with E-state index >= 15 is 0 Å². The van der Waals surface area contributed by atoms with Crippen molar-refractivity contribution >= 4 is 12.1 Å². The Morgan fingerprint density at radius 1 is 1.23 bits per heavy atom. The number of benzene rings is 1. The van der Waals surface area contributed by atoms with Crippen LogP contribution < -0.4 is 9.47 Å². The summed E-state index contributed by atoms with van der Waals surface area (Å²) >= 11 is 0. The molecule has 0 atom stereocenters. The minimum atomic E-state index is -0.900. The van der Waals surface area contributed by atoms with Gasteiger partial charge in [0.25, 0.3) is 0 Å². The highest BCUT2D eigenvalue weighted by atomic mass is 16.5. The van der Waals surface area contributed by atoms with Gasteiger partial charge in [-0.25, -0.2) is 9.59 Å². The van der Waals surface area contributed by atoms with Crippen molar-refractivity contribution in [2.75, 3.05) is 27.3 Å². The first-order valence-electron chi connectivity index (χ1n) is 6.96. The van der Waals surface area contributed by atoms with E-state index in [0.717, 1.165) is 0 Å². The van der Waals surface area contributed by atoms with E-state index in [1.165, 1.54) is 19.1 Å². The zero-order valence-corrected chi connectivity index (χ0v) is 12.6. The fourth-order valence-electron chi connectivity index (χ4n) is 2.38. The smallest absolute Gasteiger partial charge is 0.407 e. The number of piperidine rings is 1. The largest absolute Gasteiger partial charge is 0.496 e. The lowest BCUT2D eigenvalue weighted by Gasteiger charge is -2.30. The normalized spacial score (nSPS) is 15.3. The molecule has 7 nitrogen and oxygen atoms in total. The van der Waals surface area contributed by atoms with Gasteiger partial charge in [0.05, 0.1) is 14.2 Å². The minimum absolute atomic E-state index is 0.0516. The fourth-order valence-corrected chi connectivity index (χ4v) is 2.38. The van der Waals surface area contributed by atoms with E-state index < -0.39 is 12.1 Å². The van der Waals surface area contributed by atoms with Crippen LogP contribution in [-0.4, -0.2) is 55.5 Å². The van der Waals surface area contributed by atoms with Crippen molar-refractivity contribution in [3.05, 3.63) is 23.8 Å². The van der Waals surface area contributed by atoms with Crippen molar-refractivity contribution in [3.63, 3.8) is 0 Å². The van der Waals surface area contributed by atoms with Crippen molar-refractivity contribution in [3.8, 4) is 11.5 Å². The Morgan fingerprint density at radius 2 is 1.91 bits per heavy atom. The molecule has 0 spiro atoms. The molecular weight excluding hydrogens is 290 g/mol. The van der Waals surface area contributed by atoms with E-state index in [4.69, 9.17) is 14.6 Å². The second-order valence-electron chi connectivity index (χ2n) is 4.94. The minimum Gasteiger partial charge on any atom is -0.496 e. The van der Waals surface area contributed by atoms with Gasteiger partial charge < -0.3 is 24.2 Å². The highest BCUT2D eigenvalue weighted by Crippen LogP contribution is 2.27. The van der Waals surface area contributed by atoms with Gasteiger partial charge in [-0.05, 0) is 12.1 Å². The Hall–Kier alpha value is -2.44. The lowest BCUT2D eigenvalue weighted by molar-refractivity contribution is 0.0597. The summed E-state index contributed by atoms with van der Waals surface area (Å²) in [6, 6.07) is 4.90. The Kier molecular flexibility index (Phi) is 5.08. The number of esters is 1. The number of carboxylic acid groups (broad SMARTS) is 1. The molecule has 120 valence electrons. The number of nitrogens with zero attached hydrogens (tertiary/aromatic N) is 1. The molecule has 0 saturated carbocycles. The van der Waals surface area contributed by atoms with E-state index in [1.807, 2.05) is 0 Å². The predicted molar refractivity (Wildman–Crippen MR) is 77.6 cm³/mol. The van der Waals surface area contributed by atoms with Gasteiger partial charge in [-0.15, -0.1) is 0 Å². The first-order valence-corrected chi connectivity index (χ1v) is 6.96. The highest BCUT2D eigenvalue weighted by Gasteiger charge is 2.24. The summed E-state index contributed by atoms with van der Waals surface area (Å²) in [5.41, 5.74) is 0.332. The third-order valence-electron chi connectivity index (χ3n) is 3.59. The van der Waals surface area contributed by atoms with Crippen LogP contribution in [0, 0.1) is 0 Å². The van der Waals surface area contributed by atoms with Crippen molar-refractivity contribution < 1.29 is 28.9 Å². The van der Waals surface area contributed by atoms with Crippen molar-refractivity contribution in [1.82, 2.24) is 4.90 Å². The molecule has 1 N–H and O–H groups in total. The second kappa shape index (κ2) is 7.02. The molecule has 7 heteroatoms. The van der Waals surface area contributed by atoms with Crippen molar-refractivity contribution in [2.24, 2.45) is 0 Å². The maximum absolute atomic E-state index is 11.6. The first-order chi connectivity index (χ1) is 10.5. The van der Waals surface area contributed by atoms with Crippen molar-refractivity contribution in [1.29, 1.82) is 0 Å². The molecular formula is C15H19NO6. The van der Waals surface area contributed by atoms with E-state index in [2.05, 4.69) is 4.74 Å². The van der Waals surface area contributed by atoms with Crippen LogP contribution in [0.4, 0.5) is 4.79 Å².